The Labute approximate surface area is 97.8 Å². The Bertz CT molecular complexity index is 327. The van der Waals surface area contributed by atoms with Gasteiger partial charge in [0.2, 0.25) is 10.0 Å². The second kappa shape index (κ2) is 5.00. The number of sulfonamides is 1. The van der Waals surface area contributed by atoms with E-state index in [1.54, 1.807) is 6.92 Å². The molecule has 0 aromatic carbocycles. The fourth-order valence-corrected chi connectivity index (χ4v) is 2.96. The second-order valence-corrected chi connectivity index (χ2v) is 7.14. The zero-order valence-electron chi connectivity index (χ0n) is 10.2. The minimum Gasteiger partial charge on any atom is -0.375 e. The highest BCUT2D eigenvalue weighted by Crippen LogP contribution is 2.24. The average Bonchev–Trinajstić information content (AvgIpc) is 2.14. The summed E-state index contributed by atoms with van der Waals surface area (Å²) in [6.07, 6.45) is 1.42. The van der Waals surface area contributed by atoms with Crippen molar-refractivity contribution in [3.8, 4) is 0 Å². The van der Waals surface area contributed by atoms with Gasteiger partial charge in [-0.25, -0.2) is 13.1 Å². The van der Waals surface area contributed by atoms with E-state index in [0.29, 0.717) is 13.0 Å². The number of hydrogen-bond acceptors (Lipinski definition) is 4. The summed E-state index contributed by atoms with van der Waals surface area (Å²) < 4.78 is 31.9. The van der Waals surface area contributed by atoms with E-state index in [9.17, 15) is 8.42 Å². The maximum absolute atomic E-state index is 11.8. The highest BCUT2D eigenvalue weighted by atomic mass is 32.2. The van der Waals surface area contributed by atoms with Crippen LogP contribution in [0, 0.1) is 0 Å². The molecule has 0 aliphatic carbocycles. The van der Waals surface area contributed by atoms with E-state index in [2.05, 4.69) is 4.72 Å². The molecule has 1 heterocycles. The molecular formula is C10H22N2O3S. The number of nitrogens with one attached hydrogen (secondary N) is 1. The zero-order chi connectivity index (χ0) is 12.4. The van der Waals surface area contributed by atoms with Crippen molar-refractivity contribution in [2.24, 2.45) is 5.73 Å². The molecule has 0 radical (unpaired) electrons. The lowest BCUT2D eigenvalue weighted by Gasteiger charge is -2.36. The molecule has 6 heteroatoms. The van der Waals surface area contributed by atoms with Gasteiger partial charge in [-0.05, 0) is 33.6 Å². The third-order valence-corrected chi connectivity index (χ3v) is 4.80. The van der Waals surface area contributed by atoms with E-state index in [-0.39, 0.29) is 18.2 Å². The number of ether oxygens (including phenoxy) is 1. The summed E-state index contributed by atoms with van der Waals surface area (Å²) >= 11 is 0. The molecule has 1 rings (SSSR count). The Morgan fingerprint density at radius 1 is 1.56 bits per heavy atom. The third-order valence-electron chi connectivity index (χ3n) is 2.89. The molecule has 2 unspecified atom stereocenters. The summed E-state index contributed by atoms with van der Waals surface area (Å²) in [5, 5.41) is -0.543. The summed E-state index contributed by atoms with van der Waals surface area (Å²) in [5.74, 6) is 0. The molecule has 1 aliphatic rings. The molecule has 0 aromatic heterocycles. The lowest BCUT2D eigenvalue weighted by atomic mass is 9.95. The molecule has 0 spiro atoms. The van der Waals surface area contributed by atoms with Crippen molar-refractivity contribution in [1.29, 1.82) is 0 Å². The minimum atomic E-state index is -3.29. The molecule has 0 saturated carbocycles. The van der Waals surface area contributed by atoms with Gasteiger partial charge in [-0.2, -0.15) is 0 Å². The van der Waals surface area contributed by atoms with Crippen molar-refractivity contribution in [3.05, 3.63) is 0 Å². The van der Waals surface area contributed by atoms with Crippen LogP contribution < -0.4 is 10.5 Å². The topological polar surface area (TPSA) is 81.4 Å². The van der Waals surface area contributed by atoms with Crippen molar-refractivity contribution < 1.29 is 13.2 Å². The average molecular weight is 250 g/mol. The van der Waals surface area contributed by atoms with Gasteiger partial charge in [0.1, 0.15) is 0 Å². The number of nitrogens with two attached hydrogens (primary N) is 1. The van der Waals surface area contributed by atoms with Crippen LogP contribution in [0.25, 0.3) is 0 Å². The van der Waals surface area contributed by atoms with E-state index < -0.39 is 15.3 Å². The van der Waals surface area contributed by atoms with E-state index in [1.165, 1.54) is 0 Å². The maximum atomic E-state index is 11.8. The molecule has 2 atom stereocenters. The molecule has 3 N–H and O–H groups in total. The van der Waals surface area contributed by atoms with Crippen molar-refractivity contribution in [1.82, 2.24) is 4.72 Å². The Balaban J connectivity index is 2.61. The van der Waals surface area contributed by atoms with Crippen LogP contribution in [0.1, 0.15) is 33.6 Å². The van der Waals surface area contributed by atoms with Crippen LogP contribution in [0.4, 0.5) is 0 Å². The predicted octanol–water partition coefficient (Wildman–Crippen LogP) is 0.211. The van der Waals surface area contributed by atoms with Gasteiger partial charge in [-0.3, -0.25) is 0 Å². The molecule has 0 bridgehead atoms. The van der Waals surface area contributed by atoms with E-state index in [4.69, 9.17) is 10.5 Å². The molecule has 96 valence electrons. The van der Waals surface area contributed by atoms with Gasteiger partial charge < -0.3 is 10.5 Å². The van der Waals surface area contributed by atoms with Gasteiger partial charge in [0.05, 0.1) is 10.9 Å². The van der Waals surface area contributed by atoms with Gasteiger partial charge in [0.25, 0.3) is 0 Å². The van der Waals surface area contributed by atoms with Crippen LogP contribution in [0.5, 0.6) is 0 Å². The standard InChI is InChI=1S/C10H22N2O3S/c1-8(7-11)16(13,14)12-9-4-5-15-10(2,3)6-9/h8-9,12H,4-7,11H2,1-3H3. The SMILES string of the molecule is CC(CN)S(=O)(=O)NC1CCOC(C)(C)C1. The molecule has 0 amide bonds. The Kier molecular flexibility index (Phi) is 4.34. The Morgan fingerprint density at radius 3 is 2.69 bits per heavy atom. The molecule has 16 heavy (non-hydrogen) atoms. The summed E-state index contributed by atoms with van der Waals surface area (Å²) in [6.45, 7) is 6.30. The first-order chi connectivity index (χ1) is 7.27. The number of rotatable bonds is 4. The highest BCUT2D eigenvalue weighted by Gasteiger charge is 2.32. The molecule has 1 saturated heterocycles. The van der Waals surface area contributed by atoms with Crippen LogP contribution in [-0.2, 0) is 14.8 Å². The lowest BCUT2D eigenvalue weighted by molar-refractivity contribution is -0.0599. The van der Waals surface area contributed by atoms with E-state index in [0.717, 1.165) is 6.42 Å². The molecule has 1 fully saturated rings. The van der Waals surface area contributed by atoms with Crippen LogP contribution in [0.2, 0.25) is 0 Å². The van der Waals surface area contributed by atoms with Crippen LogP contribution in [0.3, 0.4) is 0 Å². The molecule has 1 aliphatic heterocycles. The summed E-state index contributed by atoms with van der Waals surface area (Å²) in [4.78, 5) is 0. The molecule has 0 aromatic rings. The van der Waals surface area contributed by atoms with Crippen LogP contribution in [0.15, 0.2) is 0 Å². The van der Waals surface area contributed by atoms with Gasteiger partial charge in [0, 0.05) is 19.2 Å². The first-order valence-corrected chi connectivity index (χ1v) is 7.16. The van der Waals surface area contributed by atoms with Gasteiger partial charge in [-0.15, -0.1) is 0 Å². The van der Waals surface area contributed by atoms with Crippen LogP contribution in [-0.4, -0.2) is 38.5 Å². The van der Waals surface area contributed by atoms with Crippen molar-refractivity contribution in [2.45, 2.75) is 50.5 Å². The maximum Gasteiger partial charge on any atom is 0.215 e. The monoisotopic (exact) mass is 250 g/mol. The largest absolute Gasteiger partial charge is 0.375 e. The van der Waals surface area contributed by atoms with Crippen molar-refractivity contribution in [2.75, 3.05) is 13.2 Å². The first kappa shape index (κ1) is 13.9. The smallest absolute Gasteiger partial charge is 0.215 e. The zero-order valence-corrected chi connectivity index (χ0v) is 11.0. The quantitative estimate of drug-likeness (QED) is 0.747. The highest BCUT2D eigenvalue weighted by molar-refractivity contribution is 7.90. The van der Waals surface area contributed by atoms with E-state index in [1.807, 2.05) is 13.8 Å². The fourth-order valence-electron chi connectivity index (χ4n) is 1.81. The predicted molar refractivity (Wildman–Crippen MR) is 63.6 cm³/mol. The number of hydrogen-bond donors (Lipinski definition) is 2. The van der Waals surface area contributed by atoms with E-state index >= 15 is 0 Å². The van der Waals surface area contributed by atoms with Gasteiger partial charge in [0.15, 0.2) is 0 Å². The fraction of sp³-hybridized carbons (Fsp3) is 1.00. The van der Waals surface area contributed by atoms with Crippen molar-refractivity contribution >= 4 is 10.0 Å². The normalized spacial score (nSPS) is 27.6. The Hall–Kier alpha value is -0.170. The Morgan fingerprint density at radius 2 is 2.19 bits per heavy atom. The van der Waals surface area contributed by atoms with Gasteiger partial charge >= 0.3 is 0 Å². The molecule has 5 nitrogen and oxygen atoms in total. The van der Waals surface area contributed by atoms with Crippen LogP contribution >= 0.6 is 0 Å². The second-order valence-electron chi connectivity index (χ2n) is 5.01. The summed E-state index contributed by atoms with van der Waals surface area (Å²) in [6, 6.07) is -0.0391. The van der Waals surface area contributed by atoms with Crippen molar-refractivity contribution in [3.63, 3.8) is 0 Å². The minimum absolute atomic E-state index is 0.0391. The third kappa shape index (κ3) is 3.69. The lowest BCUT2D eigenvalue weighted by Crippen LogP contribution is -2.48. The summed E-state index contributed by atoms with van der Waals surface area (Å²) in [7, 11) is -3.29. The molecular weight excluding hydrogens is 228 g/mol. The first-order valence-electron chi connectivity index (χ1n) is 5.62. The van der Waals surface area contributed by atoms with Gasteiger partial charge in [-0.1, -0.05) is 0 Å². The summed E-state index contributed by atoms with van der Waals surface area (Å²) in [5.41, 5.74) is 5.12.